The Morgan fingerprint density at radius 2 is 0.632 bits per heavy atom. The molecule has 0 radical (unpaired) electrons. The quantitative estimate of drug-likeness (QED) is 0.147. The minimum Gasteiger partial charge on any atom is -0.311 e. The molecule has 0 fully saturated rings. The van der Waals surface area contributed by atoms with Crippen LogP contribution < -0.4 is 26.2 Å². The molecule has 4 heterocycles. The van der Waals surface area contributed by atoms with Crippen LogP contribution in [0.2, 0.25) is 0 Å². The van der Waals surface area contributed by atoms with Gasteiger partial charge in [0.15, 0.2) is 0 Å². The molecule has 12 aromatic carbocycles. The van der Waals surface area contributed by atoms with E-state index in [4.69, 9.17) is 0 Å². The third-order valence-corrected chi connectivity index (χ3v) is 16.3. The molecule has 352 valence electrons. The van der Waals surface area contributed by atoms with Crippen molar-refractivity contribution in [3.05, 3.63) is 279 Å². The maximum absolute atomic E-state index is 2.56. The zero-order valence-electron chi connectivity index (χ0n) is 41.5. The molecule has 0 atom stereocenters. The highest BCUT2D eigenvalue weighted by molar-refractivity contribution is 7.00. The Balaban J connectivity index is 1.01. The monoisotopic (exact) mass is 963 g/mol. The first-order valence-electron chi connectivity index (χ1n) is 26.4. The molecule has 76 heavy (non-hydrogen) atoms. The molecule has 2 aliphatic heterocycles. The van der Waals surface area contributed by atoms with Gasteiger partial charge in [-0.1, -0.05) is 212 Å². The highest BCUT2D eigenvalue weighted by Gasteiger charge is 2.44. The lowest BCUT2D eigenvalue weighted by molar-refractivity contribution is 1.25. The molecule has 4 heteroatoms. The number of rotatable bonds is 7. The standard InChI is InChI=1S/C72H46BN3/c1-5-18-47(19-6-1)51-26-15-28-57(40-51)74-67-38-35-54(49-22-9-3-10-23-49)43-63(67)73-64-44-55(50-24-11-4-12-25-50)36-39-68(64)75(58-29-16-27-52(41-58)48-20-7-2-8-21-48)70-46-56(45-69(74)71(70)73)53-34-37-66-62(42-53)61-32-17-31-60-59-30-13-14-33-65(59)76(66)72(60)61/h1-46H. The van der Waals surface area contributed by atoms with Gasteiger partial charge in [-0.2, -0.15) is 0 Å². The van der Waals surface area contributed by atoms with E-state index in [0.29, 0.717) is 0 Å². The van der Waals surface area contributed by atoms with Crippen molar-refractivity contribution in [2.45, 2.75) is 0 Å². The van der Waals surface area contributed by atoms with E-state index in [1.165, 1.54) is 127 Å². The summed E-state index contributed by atoms with van der Waals surface area (Å²) in [7, 11) is 0. The van der Waals surface area contributed by atoms with E-state index in [0.717, 1.165) is 16.9 Å². The molecule has 0 amide bonds. The summed E-state index contributed by atoms with van der Waals surface area (Å²) in [5, 5.41) is 5.11. The molecule has 14 aromatic rings. The number of anilines is 6. The Hall–Kier alpha value is -9.90. The number of nitrogens with zero attached hydrogens (tertiary/aromatic N) is 3. The van der Waals surface area contributed by atoms with Gasteiger partial charge >= 0.3 is 0 Å². The first-order chi connectivity index (χ1) is 37.7. The topological polar surface area (TPSA) is 10.9 Å². The molecule has 0 saturated carbocycles. The van der Waals surface area contributed by atoms with Gasteiger partial charge in [0.25, 0.3) is 6.71 Å². The minimum absolute atomic E-state index is 0.102. The number of para-hydroxylation sites is 2. The molecule has 0 unspecified atom stereocenters. The molecular formula is C72H46BN3. The fourth-order valence-electron chi connectivity index (χ4n) is 12.9. The van der Waals surface area contributed by atoms with Gasteiger partial charge in [-0.3, -0.25) is 0 Å². The Morgan fingerprint density at radius 1 is 0.237 bits per heavy atom. The zero-order valence-corrected chi connectivity index (χ0v) is 41.5. The maximum atomic E-state index is 2.56. The normalized spacial score (nSPS) is 12.7. The average molecular weight is 964 g/mol. The van der Waals surface area contributed by atoms with Gasteiger partial charge in [0, 0.05) is 55.7 Å². The van der Waals surface area contributed by atoms with Gasteiger partial charge in [0.2, 0.25) is 0 Å². The fourth-order valence-corrected chi connectivity index (χ4v) is 12.9. The van der Waals surface area contributed by atoms with E-state index in [2.05, 4.69) is 293 Å². The number of aromatic nitrogens is 1. The second-order valence-corrected chi connectivity index (χ2v) is 20.4. The lowest BCUT2D eigenvalue weighted by Crippen LogP contribution is -2.61. The Kier molecular flexibility index (Phi) is 9.43. The molecule has 0 aliphatic carbocycles. The number of fused-ring (bicyclic) bond motifs is 10. The van der Waals surface area contributed by atoms with Crippen molar-refractivity contribution in [1.29, 1.82) is 0 Å². The van der Waals surface area contributed by atoms with Gasteiger partial charge in [0.1, 0.15) is 0 Å². The van der Waals surface area contributed by atoms with Crippen LogP contribution in [0.1, 0.15) is 0 Å². The first-order valence-corrected chi connectivity index (χ1v) is 26.4. The van der Waals surface area contributed by atoms with E-state index in [9.17, 15) is 0 Å². The summed E-state index contributed by atoms with van der Waals surface area (Å²) in [4.78, 5) is 5.12. The van der Waals surface area contributed by atoms with Crippen molar-refractivity contribution in [2.75, 3.05) is 9.80 Å². The molecule has 0 N–H and O–H groups in total. The van der Waals surface area contributed by atoms with Crippen LogP contribution in [-0.2, 0) is 0 Å². The van der Waals surface area contributed by atoms with Crippen molar-refractivity contribution >= 4 is 95.3 Å². The van der Waals surface area contributed by atoms with Crippen molar-refractivity contribution in [3.63, 3.8) is 0 Å². The molecule has 2 aliphatic rings. The Labute approximate surface area is 441 Å². The van der Waals surface area contributed by atoms with Gasteiger partial charge < -0.3 is 14.2 Å². The second kappa shape index (κ2) is 16.8. The van der Waals surface area contributed by atoms with Crippen LogP contribution in [0, 0.1) is 0 Å². The maximum Gasteiger partial charge on any atom is 0.252 e. The zero-order chi connectivity index (χ0) is 49.8. The van der Waals surface area contributed by atoms with Crippen LogP contribution in [0.5, 0.6) is 0 Å². The lowest BCUT2D eigenvalue weighted by atomic mass is 9.33. The van der Waals surface area contributed by atoms with Crippen LogP contribution in [0.25, 0.3) is 93.7 Å². The second-order valence-electron chi connectivity index (χ2n) is 20.4. The molecular weight excluding hydrogens is 918 g/mol. The summed E-state index contributed by atoms with van der Waals surface area (Å²) in [6, 6.07) is 104. The summed E-state index contributed by atoms with van der Waals surface area (Å²) in [5.74, 6) is 0. The van der Waals surface area contributed by atoms with Crippen LogP contribution in [0.3, 0.4) is 0 Å². The smallest absolute Gasteiger partial charge is 0.252 e. The highest BCUT2D eigenvalue weighted by atomic mass is 15.2. The van der Waals surface area contributed by atoms with Crippen LogP contribution in [0.15, 0.2) is 279 Å². The van der Waals surface area contributed by atoms with Gasteiger partial charge in [-0.25, -0.2) is 0 Å². The minimum atomic E-state index is -0.102. The van der Waals surface area contributed by atoms with Gasteiger partial charge in [-0.15, -0.1) is 0 Å². The van der Waals surface area contributed by atoms with Gasteiger partial charge in [0.05, 0.1) is 16.6 Å². The van der Waals surface area contributed by atoms with Crippen molar-refractivity contribution in [1.82, 2.24) is 4.40 Å². The van der Waals surface area contributed by atoms with E-state index in [1.807, 2.05) is 0 Å². The summed E-state index contributed by atoms with van der Waals surface area (Å²) >= 11 is 0. The third kappa shape index (κ3) is 6.50. The van der Waals surface area contributed by atoms with Crippen LogP contribution in [0.4, 0.5) is 34.1 Å². The highest BCUT2D eigenvalue weighted by Crippen LogP contribution is 2.49. The van der Waals surface area contributed by atoms with Crippen molar-refractivity contribution in [3.8, 4) is 55.6 Å². The third-order valence-electron chi connectivity index (χ3n) is 16.3. The summed E-state index contributed by atoms with van der Waals surface area (Å²) in [5.41, 5.74) is 26.3. The van der Waals surface area contributed by atoms with E-state index in [-0.39, 0.29) is 6.71 Å². The van der Waals surface area contributed by atoms with E-state index in [1.54, 1.807) is 0 Å². The SMILES string of the molecule is c1ccc(-c2cccc(N3c4ccc(-c5ccccc5)cc4B4c5cc(-c6ccccc6)ccc5N(c5cccc(-c6ccccc6)c5)c5cc(-c6ccc7c(c6)c6cccc8c9ccccc9n7c86)cc3c54)c2)cc1. The predicted octanol–water partition coefficient (Wildman–Crippen LogP) is 17.3. The average Bonchev–Trinajstić information content (AvgIpc) is 4.19. The van der Waals surface area contributed by atoms with E-state index >= 15 is 0 Å². The summed E-state index contributed by atoms with van der Waals surface area (Å²) < 4.78 is 2.48. The molecule has 16 rings (SSSR count). The lowest BCUT2D eigenvalue weighted by Gasteiger charge is -2.45. The molecule has 3 nitrogen and oxygen atoms in total. The van der Waals surface area contributed by atoms with Crippen LogP contribution >= 0.6 is 0 Å². The van der Waals surface area contributed by atoms with Crippen LogP contribution in [-0.4, -0.2) is 11.1 Å². The molecule has 0 spiro atoms. The first kappa shape index (κ1) is 42.6. The van der Waals surface area contributed by atoms with E-state index < -0.39 is 0 Å². The molecule has 0 saturated heterocycles. The largest absolute Gasteiger partial charge is 0.311 e. The number of hydrogen-bond acceptors (Lipinski definition) is 2. The van der Waals surface area contributed by atoms with Gasteiger partial charge in [-0.05, 0) is 139 Å². The number of benzene rings is 12. The fraction of sp³-hybridized carbons (Fsp3) is 0. The molecule has 2 aromatic heterocycles. The molecule has 0 bridgehead atoms. The number of hydrogen-bond donors (Lipinski definition) is 0. The summed E-state index contributed by atoms with van der Waals surface area (Å²) in [6.07, 6.45) is 0. The van der Waals surface area contributed by atoms with Crippen molar-refractivity contribution < 1.29 is 0 Å². The summed E-state index contributed by atoms with van der Waals surface area (Å²) in [6.45, 7) is -0.102. The predicted molar refractivity (Wildman–Crippen MR) is 322 cm³/mol. The Bertz CT molecular complexity index is 4390. The van der Waals surface area contributed by atoms with Crippen molar-refractivity contribution in [2.24, 2.45) is 0 Å². The Morgan fingerprint density at radius 3 is 1.16 bits per heavy atom.